The number of halogens is 3. The van der Waals surface area contributed by atoms with Crippen molar-refractivity contribution in [1.82, 2.24) is 0 Å². The number of phenols is 2. The number of Topliss-reactive ketones (excluding diaryl/α,β-unsaturated/α-hetero) is 1. The summed E-state index contributed by atoms with van der Waals surface area (Å²) in [5.74, 6) is -2.84. The van der Waals surface area contributed by atoms with Crippen molar-refractivity contribution < 1.29 is 29.6 Å². The molecule has 1 fully saturated rings. The summed E-state index contributed by atoms with van der Waals surface area (Å²) in [4.78, 5) is 27.5. The van der Waals surface area contributed by atoms with E-state index in [9.17, 15) is 24.9 Å². The molecule has 0 bridgehead atoms. The van der Waals surface area contributed by atoms with Crippen molar-refractivity contribution in [3.63, 3.8) is 0 Å². The lowest BCUT2D eigenvalue weighted by atomic mass is 9.94. The van der Waals surface area contributed by atoms with Gasteiger partial charge in [-0.2, -0.15) is 0 Å². The molecule has 10 heteroatoms. The Morgan fingerprint density at radius 1 is 0.943 bits per heavy atom. The minimum Gasteiger partial charge on any atom is -0.507 e. The molecule has 0 radical (unpaired) electrons. The van der Waals surface area contributed by atoms with Crippen LogP contribution >= 0.6 is 34.8 Å². The summed E-state index contributed by atoms with van der Waals surface area (Å²) in [5.41, 5.74) is 0.178. The molecule has 1 unspecified atom stereocenters. The summed E-state index contributed by atoms with van der Waals surface area (Å²) in [6.07, 6.45) is 0. The van der Waals surface area contributed by atoms with E-state index in [1.807, 2.05) is 0 Å². The first-order valence-electron chi connectivity index (χ1n) is 10.3. The maximum absolute atomic E-state index is 13.2. The standard InChI is InChI=1S/C25H18Cl3NO6/c1-2-35-20-10-12(4-7-19(20)31)22-21(23(32)13-3-6-15(27)16(28)9-13)24(33)25(34)29(22)17-11-14(26)5-8-18(17)30/h3-11,22,30-32H,2H2,1H3/b23-21+. The zero-order chi connectivity index (χ0) is 25.4. The molecule has 0 aliphatic carbocycles. The van der Waals surface area contributed by atoms with Gasteiger partial charge in [-0.3, -0.25) is 14.5 Å². The molecular formula is C25H18Cl3NO6. The Bertz CT molecular complexity index is 1390. The summed E-state index contributed by atoms with van der Waals surface area (Å²) in [5, 5.41) is 32.5. The molecule has 4 rings (SSSR count). The van der Waals surface area contributed by atoms with Crippen LogP contribution in [-0.2, 0) is 9.59 Å². The highest BCUT2D eigenvalue weighted by Gasteiger charge is 2.48. The molecule has 0 spiro atoms. The fraction of sp³-hybridized carbons (Fsp3) is 0.120. The van der Waals surface area contributed by atoms with Gasteiger partial charge in [-0.1, -0.05) is 40.9 Å². The second kappa shape index (κ2) is 9.70. The molecule has 35 heavy (non-hydrogen) atoms. The van der Waals surface area contributed by atoms with Gasteiger partial charge in [0.25, 0.3) is 11.7 Å². The van der Waals surface area contributed by atoms with E-state index in [-0.39, 0.29) is 55.7 Å². The van der Waals surface area contributed by atoms with Crippen LogP contribution in [0.1, 0.15) is 24.1 Å². The number of carbonyl (C=O) groups is 2. The average molecular weight is 535 g/mol. The predicted octanol–water partition coefficient (Wildman–Crippen LogP) is 6.08. The third kappa shape index (κ3) is 4.50. The van der Waals surface area contributed by atoms with Crippen molar-refractivity contribution in [1.29, 1.82) is 0 Å². The van der Waals surface area contributed by atoms with Gasteiger partial charge in [0.2, 0.25) is 0 Å². The molecule has 180 valence electrons. The molecule has 7 nitrogen and oxygen atoms in total. The van der Waals surface area contributed by atoms with Crippen molar-refractivity contribution >= 4 is 57.9 Å². The van der Waals surface area contributed by atoms with Gasteiger partial charge in [0, 0.05) is 10.6 Å². The van der Waals surface area contributed by atoms with E-state index < -0.39 is 23.5 Å². The van der Waals surface area contributed by atoms with E-state index in [0.29, 0.717) is 5.56 Å². The van der Waals surface area contributed by atoms with Crippen LogP contribution in [0.15, 0.2) is 60.2 Å². The number of benzene rings is 3. The van der Waals surface area contributed by atoms with Crippen molar-refractivity contribution in [2.24, 2.45) is 0 Å². The number of rotatable bonds is 5. The number of hydrogen-bond acceptors (Lipinski definition) is 6. The fourth-order valence-corrected chi connectivity index (χ4v) is 4.32. The summed E-state index contributed by atoms with van der Waals surface area (Å²) in [6, 6.07) is 11.4. The third-order valence-corrected chi connectivity index (χ3v) is 6.41. The lowest BCUT2D eigenvalue weighted by molar-refractivity contribution is -0.132. The molecule has 0 saturated carbocycles. The monoisotopic (exact) mass is 533 g/mol. The van der Waals surface area contributed by atoms with Crippen LogP contribution in [-0.4, -0.2) is 33.6 Å². The highest BCUT2D eigenvalue weighted by Crippen LogP contribution is 2.47. The third-order valence-electron chi connectivity index (χ3n) is 5.43. The van der Waals surface area contributed by atoms with Gasteiger partial charge < -0.3 is 20.1 Å². The Kier molecular flexibility index (Phi) is 6.85. The fourth-order valence-electron chi connectivity index (χ4n) is 3.86. The number of aromatic hydroxyl groups is 2. The van der Waals surface area contributed by atoms with E-state index in [4.69, 9.17) is 39.5 Å². The number of phenolic OH excluding ortho intramolecular Hbond substituents is 2. The van der Waals surface area contributed by atoms with Gasteiger partial charge in [-0.25, -0.2) is 0 Å². The van der Waals surface area contributed by atoms with Crippen LogP contribution in [0.2, 0.25) is 15.1 Å². The number of nitrogens with zero attached hydrogens (tertiary/aromatic N) is 1. The Morgan fingerprint density at radius 3 is 2.34 bits per heavy atom. The molecule has 1 aliphatic heterocycles. The first-order valence-corrected chi connectivity index (χ1v) is 11.5. The highest BCUT2D eigenvalue weighted by molar-refractivity contribution is 6.52. The number of amides is 1. The summed E-state index contributed by atoms with van der Waals surface area (Å²) >= 11 is 18.2. The smallest absolute Gasteiger partial charge is 0.300 e. The second-order valence-electron chi connectivity index (χ2n) is 7.59. The van der Waals surface area contributed by atoms with Crippen LogP contribution in [0, 0.1) is 0 Å². The molecule has 3 aromatic carbocycles. The summed E-state index contributed by atoms with van der Waals surface area (Å²) in [7, 11) is 0. The van der Waals surface area contributed by atoms with Crippen molar-refractivity contribution in [2.45, 2.75) is 13.0 Å². The lowest BCUT2D eigenvalue weighted by Crippen LogP contribution is -2.29. The van der Waals surface area contributed by atoms with E-state index in [1.165, 1.54) is 54.6 Å². The van der Waals surface area contributed by atoms with E-state index >= 15 is 0 Å². The first kappa shape index (κ1) is 24.7. The Labute approximate surface area is 215 Å². The number of ketones is 1. The van der Waals surface area contributed by atoms with Crippen molar-refractivity contribution in [2.75, 3.05) is 11.5 Å². The molecule has 1 saturated heterocycles. The maximum Gasteiger partial charge on any atom is 0.300 e. The van der Waals surface area contributed by atoms with Gasteiger partial charge in [-0.05, 0) is 61.0 Å². The lowest BCUT2D eigenvalue weighted by Gasteiger charge is -2.26. The maximum atomic E-state index is 13.2. The zero-order valence-electron chi connectivity index (χ0n) is 18.1. The molecule has 0 aromatic heterocycles. The second-order valence-corrected chi connectivity index (χ2v) is 8.84. The highest BCUT2D eigenvalue weighted by atomic mass is 35.5. The minimum absolute atomic E-state index is 0.0381. The summed E-state index contributed by atoms with van der Waals surface area (Å²) in [6.45, 7) is 1.97. The molecule has 1 heterocycles. The SMILES string of the molecule is CCOc1cc(C2/C(=C(\O)c3ccc(Cl)c(Cl)c3)C(=O)C(=O)N2c2cc(Cl)ccc2O)ccc1O. The number of ether oxygens (including phenoxy) is 1. The number of aliphatic hydroxyl groups excluding tert-OH is 1. The van der Waals surface area contributed by atoms with Crippen molar-refractivity contribution in [3.05, 3.63) is 86.4 Å². The van der Waals surface area contributed by atoms with E-state index in [0.717, 1.165) is 4.90 Å². The topological polar surface area (TPSA) is 107 Å². The van der Waals surface area contributed by atoms with Gasteiger partial charge in [-0.15, -0.1) is 0 Å². The molecular weight excluding hydrogens is 517 g/mol. The number of aliphatic hydroxyl groups is 1. The Hall–Kier alpha value is -3.39. The Morgan fingerprint density at radius 2 is 1.66 bits per heavy atom. The molecule has 3 aromatic rings. The van der Waals surface area contributed by atoms with E-state index in [2.05, 4.69) is 0 Å². The first-order chi connectivity index (χ1) is 16.6. The average Bonchev–Trinajstić information content (AvgIpc) is 3.09. The van der Waals surface area contributed by atoms with Crippen LogP contribution in [0.3, 0.4) is 0 Å². The van der Waals surface area contributed by atoms with Gasteiger partial charge in [0.1, 0.15) is 11.5 Å². The van der Waals surface area contributed by atoms with Gasteiger partial charge in [0.05, 0.1) is 34.0 Å². The largest absolute Gasteiger partial charge is 0.507 e. The zero-order valence-corrected chi connectivity index (χ0v) is 20.4. The molecule has 3 N–H and O–H groups in total. The normalized spacial score (nSPS) is 17.1. The van der Waals surface area contributed by atoms with Crippen molar-refractivity contribution in [3.8, 4) is 17.2 Å². The number of hydrogen-bond donors (Lipinski definition) is 3. The quantitative estimate of drug-likeness (QED) is 0.208. The molecule has 1 amide bonds. The summed E-state index contributed by atoms with van der Waals surface area (Å²) < 4.78 is 5.46. The van der Waals surface area contributed by atoms with Crippen LogP contribution < -0.4 is 9.64 Å². The van der Waals surface area contributed by atoms with Gasteiger partial charge in [0.15, 0.2) is 11.5 Å². The van der Waals surface area contributed by atoms with E-state index in [1.54, 1.807) is 6.92 Å². The molecule has 1 aliphatic rings. The Balaban J connectivity index is 2.00. The van der Waals surface area contributed by atoms with Crippen LogP contribution in [0.5, 0.6) is 17.2 Å². The number of carbonyl (C=O) groups excluding carboxylic acids is 2. The van der Waals surface area contributed by atoms with Crippen LogP contribution in [0.25, 0.3) is 5.76 Å². The number of anilines is 1. The molecule has 1 atom stereocenters. The van der Waals surface area contributed by atoms with Gasteiger partial charge >= 0.3 is 0 Å². The predicted molar refractivity (Wildman–Crippen MR) is 134 cm³/mol. The van der Waals surface area contributed by atoms with Crippen LogP contribution in [0.4, 0.5) is 5.69 Å². The minimum atomic E-state index is -1.20.